The van der Waals surface area contributed by atoms with E-state index in [9.17, 15) is 30.7 Å². The Kier molecular flexibility index (Phi) is 10.1. The molecule has 48 heavy (non-hydrogen) atoms. The molecule has 250 valence electrons. The fourth-order valence-corrected chi connectivity index (χ4v) is 5.18. The van der Waals surface area contributed by atoms with Crippen molar-refractivity contribution in [2.75, 3.05) is 0 Å². The molecule has 0 spiro atoms. The fraction of sp³-hybridized carbons (Fsp3) is 0.189. The molecule has 5 aromatic carbocycles. The highest BCUT2D eigenvalue weighted by Gasteiger charge is 2.36. The third-order valence-corrected chi connectivity index (χ3v) is 7.56. The van der Waals surface area contributed by atoms with Gasteiger partial charge in [0.05, 0.1) is 11.1 Å². The minimum absolute atomic E-state index is 0.0697. The van der Waals surface area contributed by atoms with Gasteiger partial charge in [-0.25, -0.2) is 17.6 Å². The summed E-state index contributed by atoms with van der Waals surface area (Å²) in [5.41, 5.74) is 1.23. The molecule has 0 atom stereocenters. The van der Waals surface area contributed by atoms with Gasteiger partial charge in [0.1, 0.15) is 23.2 Å². The van der Waals surface area contributed by atoms with E-state index in [4.69, 9.17) is 0 Å². The van der Waals surface area contributed by atoms with E-state index in [1.165, 1.54) is 6.07 Å². The second-order valence-electron chi connectivity index (χ2n) is 11.0. The Morgan fingerprint density at radius 2 is 1.17 bits per heavy atom. The summed E-state index contributed by atoms with van der Waals surface area (Å²) in [4.78, 5) is 0. The topological polar surface area (TPSA) is 18.5 Å². The lowest BCUT2D eigenvalue weighted by Gasteiger charge is -2.19. The minimum Gasteiger partial charge on any atom is -0.429 e. The second kappa shape index (κ2) is 14.0. The number of benzene rings is 5. The maximum Gasteiger partial charge on any atom is 0.573 e. The van der Waals surface area contributed by atoms with Crippen LogP contribution in [0.4, 0.5) is 39.5 Å². The highest BCUT2D eigenvalue weighted by Crippen LogP contribution is 2.37. The predicted molar refractivity (Wildman–Crippen MR) is 163 cm³/mol. The molecule has 0 aliphatic rings. The molecule has 0 fully saturated rings. The van der Waals surface area contributed by atoms with E-state index in [-0.39, 0.29) is 16.9 Å². The average molecular weight is 675 g/mol. The smallest absolute Gasteiger partial charge is 0.429 e. The van der Waals surface area contributed by atoms with Crippen molar-refractivity contribution in [3.63, 3.8) is 0 Å². The maximum atomic E-state index is 15.2. The molecule has 0 aliphatic carbocycles. The van der Waals surface area contributed by atoms with Crippen molar-refractivity contribution >= 4 is 0 Å². The van der Waals surface area contributed by atoms with Crippen LogP contribution in [0.3, 0.4) is 0 Å². The van der Waals surface area contributed by atoms with Crippen molar-refractivity contribution in [3.05, 3.63) is 131 Å². The molecule has 0 aromatic heterocycles. The van der Waals surface area contributed by atoms with E-state index in [0.717, 1.165) is 67.6 Å². The summed E-state index contributed by atoms with van der Waals surface area (Å²) in [6, 6.07) is 19.0. The molecule has 0 saturated carbocycles. The van der Waals surface area contributed by atoms with Gasteiger partial charge < -0.3 is 9.47 Å². The van der Waals surface area contributed by atoms with E-state index in [0.29, 0.717) is 34.9 Å². The van der Waals surface area contributed by atoms with Gasteiger partial charge in [-0.15, -0.1) is 13.2 Å². The number of aryl methyl sites for hydroxylation is 1. The van der Waals surface area contributed by atoms with Gasteiger partial charge in [0.25, 0.3) is 0 Å². The standard InChI is InChI=1S/C37H27F9O2/c1-2-3-4-5-22-6-16-29(30(38)18-22)24-9-7-23(8-10-24)26-19-32(40)35(33(41)20-26)25-11-13-27(14-12-25)36(42,43)47-28-15-17-34(31(39)21-28)48-37(44,45)46/h6-21H,2-5H2,1H3. The first-order valence-electron chi connectivity index (χ1n) is 14.9. The van der Waals surface area contributed by atoms with Crippen LogP contribution in [-0.2, 0) is 12.5 Å². The molecule has 0 aliphatic heterocycles. The van der Waals surface area contributed by atoms with Crippen LogP contribution in [0.25, 0.3) is 33.4 Å². The van der Waals surface area contributed by atoms with Crippen LogP contribution in [-0.4, -0.2) is 6.36 Å². The Bertz CT molecular complexity index is 1860. The van der Waals surface area contributed by atoms with Gasteiger partial charge in [-0.1, -0.05) is 68.3 Å². The highest BCUT2D eigenvalue weighted by molar-refractivity contribution is 5.74. The normalized spacial score (nSPS) is 11.9. The Morgan fingerprint density at radius 3 is 1.75 bits per heavy atom. The lowest BCUT2D eigenvalue weighted by atomic mass is 9.96. The maximum absolute atomic E-state index is 15.2. The van der Waals surface area contributed by atoms with Crippen molar-refractivity contribution in [2.45, 2.75) is 45.1 Å². The van der Waals surface area contributed by atoms with E-state index >= 15 is 8.78 Å². The Balaban J connectivity index is 1.30. The predicted octanol–water partition coefficient (Wildman–Crippen LogP) is 12.0. The first kappa shape index (κ1) is 34.4. The van der Waals surface area contributed by atoms with E-state index < -0.39 is 52.5 Å². The zero-order valence-electron chi connectivity index (χ0n) is 25.3. The van der Waals surface area contributed by atoms with Crippen molar-refractivity contribution in [2.24, 2.45) is 0 Å². The van der Waals surface area contributed by atoms with E-state index in [1.54, 1.807) is 30.3 Å². The van der Waals surface area contributed by atoms with Crippen LogP contribution in [0.1, 0.15) is 37.3 Å². The molecule has 0 unspecified atom stereocenters. The molecule has 0 saturated heterocycles. The molecule has 0 N–H and O–H groups in total. The van der Waals surface area contributed by atoms with Gasteiger partial charge in [0, 0.05) is 11.6 Å². The Labute approximate surface area is 270 Å². The van der Waals surface area contributed by atoms with Crippen LogP contribution in [0.2, 0.25) is 0 Å². The molecular formula is C37H27F9O2. The number of alkyl halides is 5. The monoisotopic (exact) mass is 674 g/mol. The summed E-state index contributed by atoms with van der Waals surface area (Å²) in [6.45, 7) is 2.10. The molecule has 11 heteroatoms. The molecular weight excluding hydrogens is 647 g/mol. The van der Waals surface area contributed by atoms with Crippen molar-refractivity contribution in [1.29, 1.82) is 0 Å². The van der Waals surface area contributed by atoms with Crippen LogP contribution >= 0.6 is 0 Å². The molecule has 2 nitrogen and oxygen atoms in total. The lowest BCUT2D eigenvalue weighted by Crippen LogP contribution is -2.22. The van der Waals surface area contributed by atoms with Crippen LogP contribution in [0.5, 0.6) is 11.5 Å². The molecule has 5 aromatic rings. The number of halogens is 9. The van der Waals surface area contributed by atoms with Crippen molar-refractivity contribution in [1.82, 2.24) is 0 Å². The molecule has 0 amide bonds. The second-order valence-corrected chi connectivity index (χ2v) is 11.0. The third kappa shape index (κ3) is 8.13. The first-order chi connectivity index (χ1) is 22.7. The summed E-state index contributed by atoms with van der Waals surface area (Å²) >= 11 is 0. The zero-order chi connectivity index (χ0) is 34.6. The average Bonchev–Trinajstić information content (AvgIpc) is 3.02. The van der Waals surface area contributed by atoms with Gasteiger partial charge in [-0.2, -0.15) is 8.78 Å². The molecule has 0 heterocycles. The van der Waals surface area contributed by atoms with Crippen LogP contribution in [0.15, 0.2) is 97.1 Å². The number of hydrogen-bond donors (Lipinski definition) is 0. The van der Waals surface area contributed by atoms with Crippen molar-refractivity contribution < 1.29 is 49.0 Å². The fourth-order valence-electron chi connectivity index (χ4n) is 5.18. The zero-order valence-corrected chi connectivity index (χ0v) is 25.3. The first-order valence-corrected chi connectivity index (χ1v) is 14.9. The Morgan fingerprint density at radius 1 is 0.542 bits per heavy atom. The van der Waals surface area contributed by atoms with Crippen LogP contribution < -0.4 is 9.47 Å². The number of hydrogen-bond acceptors (Lipinski definition) is 2. The van der Waals surface area contributed by atoms with E-state index in [2.05, 4.69) is 16.4 Å². The summed E-state index contributed by atoms with van der Waals surface area (Å²) in [7, 11) is 0. The highest BCUT2D eigenvalue weighted by atomic mass is 19.4. The number of unbranched alkanes of at least 4 members (excludes halogenated alkanes) is 2. The lowest BCUT2D eigenvalue weighted by molar-refractivity contribution is -0.275. The van der Waals surface area contributed by atoms with Gasteiger partial charge in [0.15, 0.2) is 11.6 Å². The largest absolute Gasteiger partial charge is 0.573 e. The summed E-state index contributed by atoms with van der Waals surface area (Å²) in [5.74, 6) is -5.91. The summed E-state index contributed by atoms with van der Waals surface area (Å²) in [6.07, 6.45) is -5.39. The van der Waals surface area contributed by atoms with Crippen molar-refractivity contribution in [3.8, 4) is 44.9 Å². The minimum atomic E-state index is -5.19. The SMILES string of the molecule is CCCCCc1ccc(-c2ccc(-c3cc(F)c(-c4ccc(C(F)(F)Oc5ccc(OC(F)(F)F)c(F)c5)cc4)c(F)c3)cc2)c(F)c1. The van der Waals surface area contributed by atoms with Gasteiger partial charge in [0.2, 0.25) is 0 Å². The Hall–Kier alpha value is -4.93. The van der Waals surface area contributed by atoms with Gasteiger partial charge in [-0.3, -0.25) is 0 Å². The molecule has 5 rings (SSSR count). The molecule has 0 bridgehead atoms. The number of ether oxygens (including phenoxy) is 2. The van der Waals surface area contributed by atoms with Gasteiger partial charge in [-0.05, 0) is 83.1 Å². The quantitative estimate of drug-likeness (QED) is 0.103. The summed E-state index contributed by atoms with van der Waals surface area (Å²) in [5, 5.41) is 0. The van der Waals surface area contributed by atoms with Crippen LogP contribution in [0, 0.1) is 23.3 Å². The molecule has 0 radical (unpaired) electrons. The number of rotatable bonds is 11. The van der Waals surface area contributed by atoms with E-state index in [1.807, 2.05) is 6.07 Å². The van der Waals surface area contributed by atoms with Gasteiger partial charge >= 0.3 is 12.5 Å². The third-order valence-electron chi connectivity index (χ3n) is 7.56. The summed E-state index contributed by atoms with van der Waals surface area (Å²) < 4.78 is 134.